The van der Waals surface area contributed by atoms with Crippen molar-refractivity contribution in [3.05, 3.63) is 42.0 Å². The molecule has 16 nitrogen and oxygen atoms in total. The summed E-state index contributed by atoms with van der Waals surface area (Å²) in [5.74, 6) is 0.343. The van der Waals surface area contributed by atoms with Crippen LogP contribution in [0.3, 0.4) is 0 Å². The zero-order valence-corrected chi connectivity index (χ0v) is 33.0. The minimum atomic E-state index is -0.370. The summed E-state index contributed by atoms with van der Waals surface area (Å²) in [5.41, 5.74) is 1.32. The number of fused-ring (bicyclic) bond motifs is 1. The van der Waals surface area contributed by atoms with Crippen molar-refractivity contribution in [2.45, 2.75) is 62.3 Å². The van der Waals surface area contributed by atoms with Gasteiger partial charge in [-0.2, -0.15) is 11.8 Å². The van der Waals surface area contributed by atoms with Gasteiger partial charge in [-0.25, -0.2) is 9.69 Å². The molecule has 17 heteroatoms. The first-order valence-electron chi connectivity index (χ1n) is 19.6. The molecule has 0 aliphatic carbocycles. The summed E-state index contributed by atoms with van der Waals surface area (Å²) >= 11 is 1.90. The first kappa shape index (κ1) is 45.3. The van der Waals surface area contributed by atoms with Crippen molar-refractivity contribution >= 4 is 47.0 Å². The van der Waals surface area contributed by atoms with E-state index >= 15 is 0 Å². The number of amides is 5. The first-order chi connectivity index (χ1) is 27.4. The molecule has 2 fully saturated rings. The maximum Gasteiger partial charge on any atom is 0.315 e. The Morgan fingerprint density at radius 2 is 1.20 bits per heavy atom. The zero-order chi connectivity index (χ0) is 39.6. The number of imide groups is 1. The fraction of sp³-hybridized carbons (Fsp3) is 0.667. The lowest BCUT2D eigenvalue weighted by Crippen LogP contribution is -2.36. The fourth-order valence-corrected chi connectivity index (χ4v) is 7.70. The summed E-state index contributed by atoms with van der Waals surface area (Å²) in [6, 6.07) is 7.25. The number of carbonyl (C=O) groups is 5. The second-order valence-electron chi connectivity index (χ2n) is 13.3. The van der Waals surface area contributed by atoms with Gasteiger partial charge in [0, 0.05) is 55.6 Å². The molecule has 3 atom stereocenters. The number of ether oxygens (including phenoxy) is 7. The van der Waals surface area contributed by atoms with Gasteiger partial charge in [0.15, 0.2) is 0 Å². The highest BCUT2D eigenvalue weighted by atomic mass is 32.2. The Hall–Kier alpha value is -3.42. The summed E-state index contributed by atoms with van der Waals surface area (Å²) in [7, 11) is 0. The number of urea groups is 1. The minimum absolute atomic E-state index is 0.0344. The van der Waals surface area contributed by atoms with Crippen LogP contribution in [0.25, 0.3) is 0 Å². The third kappa shape index (κ3) is 17.8. The van der Waals surface area contributed by atoms with Crippen molar-refractivity contribution < 1.29 is 57.1 Å². The number of anilines is 1. The molecule has 1 aromatic carbocycles. The highest BCUT2D eigenvalue weighted by Gasteiger charge is 2.42. The Morgan fingerprint density at radius 3 is 1.77 bits per heavy atom. The minimum Gasteiger partial charge on any atom is -0.379 e. The Balaban J connectivity index is 0.792. The first-order valence-corrected chi connectivity index (χ1v) is 20.6. The van der Waals surface area contributed by atoms with Crippen LogP contribution in [0.15, 0.2) is 36.4 Å². The van der Waals surface area contributed by atoms with Crippen molar-refractivity contribution in [3.8, 4) is 0 Å². The molecule has 3 aliphatic rings. The number of Topliss-reactive ketones (excluding diaryl/α,β-unsaturated/α-hetero) is 1. The number of thioether (sulfide) groups is 1. The lowest BCUT2D eigenvalue weighted by Gasteiger charge is -2.16. The van der Waals surface area contributed by atoms with E-state index in [1.54, 1.807) is 24.3 Å². The van der Waals surface area contributed by atoms with Crippen LogP contribution >= 0.6 is 11.8 Å². The van der Waals surface area contributed by atoms with Crippen molar-refractivity contribution in [2.75, 3.05) is 110 Å². The predicted octanol–water partition coefficient (Wildman–Crippen LogP) is 1.97. The smallest absolute Gasteiger partial charge is 0.315 e. The normalized spacial score (nSPS) is 18.8. The van der Waals surface area contributed by atoms with Crippen LogP contribution < -0.4 is 20.9 Å². The van der Waals surface area contributed by atoms with E-state index in [2.05, 4.69) is 16.0 Å². The number of nitrogens with one attached hydrogen (secondary N) is 3. The van der Waals surface area contributed by atoms with Crippen molar-refractivity contribution in [2.24, 2.45) is 0 Å². The van der Waals surface area contributed by atoms with Gasteiger partial charge in [0.1, 0.15) is 5.78 Å². The van der Waals surface area contributed by atoms with E-state index in [0.717, 1.165) is 35.5 Å². The SMILES string of the molecule is O=C(CCCOCCOCCOCCOCCOCCOCCOCCNC(=O)CCCCC1SCC2NC(=O)NC21)Cc1ccc(N2C(=O)C=CC2=O)cc1. The number of hydrogen-bond acceptors (Lipinski definition) is 13. The van der Waals surface area contributed by atoms with Gasteiger partial charge in [-0.15, -0.1) is 0 Å². The quantitative estimate of drug-likeness (QED) is 0.0532. The molecule has 2 saturated heterocycles. The second-order valence-corrected chi connectivity index (χ2v) is 14.6. The van der Waals surface area contributed by atoms with Crippen LogP contribution in [0, 0.1) is 0 Å². The Labute approximate surface area is 333 Å². The summed E-state index contributed by atoms with van der Waals surface area (Å²) in [4.78, 5) is 60.5. The predicted molar refractivity (Wildman–Crippen MR) is 209 cm³/mol. The maximum atomic E-state index is 12.3. The summed E-state index contributed by atoms with van der Waals surface area (Å²) < 4.78 is 38.5. The van der Waals surface area contributed by atoms with Gasteiger partial charge in [-0.05, 0) is 37.0 Å². The molecule has 56 heavy (non-hydrogen) atoms. The van der Waals surface area contributed by atoms with Crippen LogP contribution in [0.4, 0.5) is 10.5 Å². The van der Waals surface area contributed by atoms with Gasteiger partial charge in [0.2, 0.25) is 5.91 Å². The lowest BCUT2D eigenvalue weighted by molar-refractivity contribution is -0.122. The van der Waals surface area contributed by atoms with Crippen molar-refractivity contribution in [3.63, 3.8) is 0 Å². The average molecular weight is 807 g/mol. The van der Waals surface area contributed by atoms with Crippen LogP contribution in [-0.2, 0) is 58.8 Å². The van der Waals surface area contributed by atoms with E-state index in [0.29, 0.717) is 129 Å². The molecule has 312 valence electrons. The van der Waals surface area contributed by atoms with Crippen LogP contribution in [-0.4, -0.2) is 152 Å². The highest BCUT2D eigenvalue weighted by molar-refractivity contribution is 8.00. The van der Waals surface area contributed by atoms with E-state index in [9.17, 15) is 24.0 Å². The molecular weight excluding hydrogens is 749 g/mol. The third-order valence-corrected chi connectivity index (χ3v) is 10.5. The Bertz CT molecular complexity index is 1370. The monoisotopic (exact) mass is 806 g/mol. The highest BCUT2D eigenvalue weighted by Crippen LogP contribution is 2.33. The average Bonchev–Trinajstić information content (AvgIpc) is 3.86. The number of carbonyl (C=O) groups excluding carboxylic acids is 5. The molecular formula is C39H58N4O12S. The fourth-order valence-electron chi connectivity index (χ4n) is 6.15. The number of unbranched alkanes of at least 4 members (excludes halogenated alkanes) is 1. The molecule has 0 saturated carbocycles. The molecule has 0 aromatic heterocycles. The molecule has 3 heterocycles. The van der Waals surface area contributed by atoms with Crippen LogP contribution in [0.5, 0.6) is 0 Å². The van der Waals surface area contributed by atoms with Gasteiger partial charge >= 0.3 is 6.03 Å². The van der Waals surface area contributed by atoms with E-state index in [4.69, 9.17) is 33.2 Å². The van der Waals surface area contributed by atoms with Gasteiger partial charge in [0.05, 0.1) is 104 Å². The maximum absolute atomic E-state index is 12.3. The lowest BCUT2D eigenvalue weighted by atomic mass is 10.0. The summed E-state index contributed by atoms with van der Waals surface area (Å²) in [6.45, 7) is 6.84. The van der Waals surface area contributed by atoms with Crippen LogP contribution in [0.1, 0.15) is 44.1 Å². The molecule has 3 aliphatic heterocycles. The van der Waals surface area contributed by atoms with Gasteiger partial charge in [-0.3, -0.25) is 19.2 Å². The molecule has 1 aromatic rings. The number of rotatable bonds is 33. The summed E-state index contributed by atoms with van der Waals surface area (Å²) in [5, 5.41) is 9.26. The second kappa shape index (κ2) is 27.3. The van der Waals surface area contributed by atoms with E-state index in [1.807, 2.05) is 11.8 Å². The Morgan fingerprint density at radius 1 is 0.661 bits per heavy atom. The summed E-state index contributed by atoms with van der Waals surface area (Å²) in [6.07, 6.45) is 7.09. The van der Waals surface area contributed by atoms with Crippen molar-refractivity contribution in [1.82, 2.24) is 16.0 Å². The topological polar surface area (TPSA) is 189 Å². The van der Waals surface area contributed by atoms with Crippen LogP contribution in [0.2, 0.25) is 0 Å². The number of nitrogens with zero attached hydrogens (tertiary/aromatic N) is 1. The molecule has 0 bridgehead atoms. The molecule has 0 radical (unpaired) electrons. The number of benzene rings is 1. The molecule has 0 spiro atoms. The number of hydrogen-bond donors (Lipinski definition) is 3. The zero-order valence-electron chi connectivity index (χ0n) is 32.2. The standard InChI is InChI=1S/C39H58N4O12S/c44-32(28-30-7-9-31(10-8-30)43-36(46)11-12-37(43)47)4-3-14-49-16-18-51-20-22-53-24-26-55-27-25-54-23-21-52-19-17-50-15-13-40-35(45)6-2-1-5-34-38-33(29-56-34)41-39(48)42-38/h7-12,33-34,38H,1-6,13-29H2,(H,40,45)(H2,41,42,48). The van der Waals surface area contributed by atoms with E-state index in [-0.39, 0.29) is 48.0 Å². The molecule has 4 rings (SSSR count). The van der Waals surface area contributed by atoms with Gasteiger partial charge in [-0.1, -0.05) is 18.6 Å². The largest absolute Gasteiger partial charge is 0.379 e. The molecule has 3 N–H and O–H groups in total. The molecule has 5 amide bonds. The van der Waals surface area contributed by atoms with Crippen molar-refractivity contribution in [1.29, 1.82) is 0 Å². The van der Waals surface area contributed by atoms with Gasteiger partial charge in [0.25, 0.3) is 11.8 Å². The number of ketones is 1. The van der Waals surface area contributed by atoms with E-state index in [1.165, 1.54) is 12.2 Å². The van der Waals surface area contributed by atoms with Gasteiger partial charge < -0.3 is 49.1 Å². The third-order valence-electron chi connectivity index (χ3n) is 9.03. The molecule has 3 unspecified atom stereocenters. The Kier molecular flexibility index (Phi) is 22.0. The van der Waals surface area contributed by atoms with E-state index < -0.39 is 0 Å².